The number of amides is 1. The molecule has 0 aliphatic carbocycles. The number of rotatable bonds is 4. The van der Waals surface area contributed by atoms with Crippen molar-refractivity contribution in [1.29, 1.82) is 0 Å². The molecule has 0 heterocycles. The molecule has 0 aliphatic heterocycles. The van der Waals surface area contributed by atoms with Crippen LogP contribution in [0.25, 0.3) is 0 Å². The lowest BCUT2D eigenvalue weighted by molar-refractivity contribution is -0.116. The number of benzene rings is 1. The van der Waals surface area contributed by atoms with Crippen molar-refractivity contribution in [3.8, 4) is 0 Å². The van der Waals surface area contributed by atoms with Gasteiger partial charge in [0.2, 0.25) is 5.91 Å². The van der Waals surface area contributed by atoms with Gasteiger partial charge in [-0.25, -0.2) is 4.39 Å². The molecule has 0 atom stereocenters. The average molecular weight is 322 g/mol. The first-order valence-electron chi connectivity index (χ1n) is 4.53. The summed E-state index contributed by atoms with van der Waals surface area (Å²) in [4.78, 5) is 11.4. The average Bonchev–Trinajstić information content (AvgIpc) is 2.19. The van der Waals surface area contributed by atoms with Crippen LogP contribution < -0.4 is 10.6 Å². The van der Waals surface area contributed by atoms with E-state index in [2.05, 4.69) is 10.6 Å². The van der Waals surface area contributed by atoms with Crippen LogP contribution in [-0.4, -0.2) is 19.5 Å². The topological polar surface area (TPSA) is 41.1 Å². The maximum atomic E-state index is 12.8. The van der Waals surface area contributed by atoms with Gasteiger partial charge in [0.1, 0.15) is 5.82 Å². The fraction of sp³-hybridized carbons (Fsp3) is 0.300. The van der Waals surface area contributed by atoms with Crippen LogP contribution in [0, 0.1) is 9.39 Å². The molecule has 1 amide bonds. The lowest BCUT2D eigenvalue weighted by atomic mass is 10.3. The molecule has 0 unspecified atom stereocenters. The third kappa shape index (κ3) is 4.13. The quantitative estimate of drug-likeness (QED) is 0.833. The first kappa shape index (κ1) is 12.4. The second kappa shape index (κ2) is 6.02. The van der Waals surface area contributed by atoms with Crippen molar-refractivity contribution in [2.24, 2.45) is 0 Å². The lowest BCUT2D eigenvalue weighted by Crippen LogP contribution is -2.19. The predicted molar refractivity (Wildman–Crippen MR) is 66.3 cm³/mol. The molecule has 0 aliphatic rings. The summed E-state index contributed by atoms with van der Waals surface area (Å²) in [7, 11) is 1.79. The van der Waals surface area contributed by atoms with Gasteiger partial charge in [-0.2, -0.15) is 0 Å². The fourth-order valence-electron chi connectivity index (χ4n) is 1.04. The Bertz CT molecular complexity index is 357. The Morgan fingerprint density at radius 3 is 2.87 bits per heavy atom. The molecule has 0 aromatic heterocycles. The molecule has 1 aromatic rings. The zero-order chi connectivity index (χ0) is 11.3. The van der Waals surface area contributed by atoms with Crippen molar-refractivity contribution in [3.05, 3.63) is 27.6 Å². The van der Waals surface area contributed by atoms with Crippen LogP contribution in [0.3, 0.4) is 0 Å². The molecule has 3 nitrogen and oxygen atoms in total. The number of hydrogen-bond donors (Lipinski definition) is 2. The summed E-state index contributed by atoms with van der Waals surface area (Å²) in [5.74, 6) is -0.374. The number of anilines is 1. The Balaban J connectivity index is 2.60. The van der Waals surface area contributed by atoms with E-state index in [-0.39, 0.29) is 11.7 Å². The molecule has 0 fully saturated rings. The van der Waals surface area contributed by atoms with E-state index in [0.717, 1.165) is 0 Å². The second-order valence-corrected chi connectivity index (χ2v) is 4.19. The molecule has 1 aromatic carbocycles. The van der Waals surface area contributed by atoms with Gasteiger partial charge in [-0.1, -0.05) is 0 Å². The highest BCUT2D eigenvalue weighted by Crippen LogP contribution is 2.18. The first-order chi connectivity index (χ1) is 7.13. The lowest BCUT2D eigenvalue weighted by Gasteiger charge is -2.06. The Morgan fingerprint density at radius 1 is 1.53 bits per heavy atom. The molecule has 0 saturated heterocycles. The normalized spacial score (nSPS) is 10.1. The van der Waals surface area contributed by atoms with Gasteiger partial charge in [0, 0.05) is 16.5 Å². The minimum Gasteiger partial charge on any atom is -0.325 e. The molecule has 2 N–H and O–H groups in total. The summed E-state index contributed by atoms with van der Waals surface area (Å²) in [5.41, 5.74) is 0.651. The van der Waals surface area contributed by atoms with Crippen molar-refractivity contribution in [2.75, 3.05) is 18.9 Å². The molecular weight excluding hydrogens is 310 g/mol. The summed E-state index contributed by atoms with van der Waals surface area (Å²) < 4.78 is 13.5. The number of halogens is 2. The molecule has 0 saturated carbocycles. The maximum absolute atomic E-state index is 12.8. The molecule has 0 bridgehead atoms. The van der Waals surface area contributed by atoms with Gasteiger partial charge in [-0.15, -0.1) is 0 Å². The van der Waals surface area contributed by atoms with E-state index in [0.29, 0.717) is 22.2 Å². The van der Waals surface area contributed by atoms with Crippen molar-refractivity contribution >= 4 is 34.2 Å². The zero-order valence-electron chi connectivity index (χ0n) is 8.31. The van der Waals surface area contributed by atoms with E-state index in [1.807, 2.05) is 22.6 Å². The summed E-state index contributed by atoms with van der Waals surface area (Å²) >= 11 is 1.99. The molecule has 82 valence electrons. The Hall–Kier alpha value is -0.690. The van der Waals surface area contributed by atoms with Gasteiger partial charge >= 0.3 is 0 Å². The minimum absolute atomic E-state index is 0.0751. The first-order valence-corrected chi connectivity index (χ1v) is 5.61. The summed E-state index contributed by atoms with van der Waals surface area (Å²) in [6, 6.07) is 4.28. The van der Waals surface area contributed by atoms with E-state index in [9.17, 15) is 9.18 Å². The van der Waals surface area contributed by atoms with Gasteiger partial charge in [0.25, 0.3) is 0 Å². The van der Waals surface area contributed by atoms with E-state index in [1.165, 1.54) is 12.1 Å². The third-order valence-corrected chi connectivity index (χ3v) is 2.70. The number of carbonyl (C=O) groups is 1. The highest BCUT2D eigenvalue weighted by atomic mass is 127. The van der Waals surface area contributed by atoms with Crippen LogP contribution in [-0.2, 0) is 4.79 Å². The number of carbonyl (C=O) groups excluding carboxylic acids is 1. The van der Waals surface area contributed by atoms with Crippen LogP contribution in [0.1, 0.15) is 6.42 Å². The van der Waals surface area contributed by atoms with E-state index >= 15 is 0 Å². The number of nitrogens with one attached hydrogen (secondary N) is 2. The van der Waals surface area contributed by atoms with Crippen molar-refractivity contribution in [1.82, 2.24) is 5.32 Å². The molecule has 15 heavy (non-hydrogen) atoms. The highest BCUT2D eigenvalue weighted by Gasteiger charge is 2.05. The van der Waals surface area contributed by atoms with Gasteiger partial charge in [0.15, 0.2) is 0 Å². The molecular formula is C10H12FIN2O. The van der Waals surface area contributed by atoms with E-state index < -0.39 is 0 Å². The van der Waals surface area contributed by atoms with Crippen molar-refractivity contribution < 1.29 is 9.18 Å². The zero-order valence-corrected chi connectivity index (χ0v) is 10.5. The molecule has 0 radical (unpaired) electrons. The Labute approximate surface area is 102 Å². The minimum atomic E-state index is -0.298. The standard InChI is InChI=1S/C10H12FIN2O/c1-13-5-4-10(15)14-9-3-2-7(11)6-8(9)12/h2-3,6,13H,4-5H2,1H3,(H,14,15). The molecule has 5 heteroatoms. The molecule has 0 spiro atoms. The Morgan fingerprint density at radius 2 is 2.27 bits per heavy atom. The van der Waals surface area contributed by atoms with E-state index in [1.54, 1.807) is 13.1 Å². The van der Waals surface area contributed by atoms with Gasteiger partial charge in [-0.05, 0) is 47.8 Å². The smallest absolute Gasteiger partial charge is 0.225 e. The van der Waals surface area contributed by atoms with Crippen LogP contribution >= 0.6 is 22.6 Å². The van der Waals surface area contributed by atoms with Crippen LogP contribution in [0.5, 0.6) is 0 Å². The van der Waals surface area contributed by atoms with Gasteiger partial charge < -0.3 is 10.6 Å². The summed E-state index contributed by atoms with van der Waals surface area (Å²) in [6.45, 7) is 0.629. The maximum Gasteiger partial charge on any atom is 0.225 e. The summed E-state index contributed by atoms with van der Waals surface area (Å²) in [5, 5.41) is 5.60. The predicted octanol–water partition coefficient (Wildman–Crippen LogP) is 1.98. The number of hydrogen-bond acceptors (Lipinski definition) is 2. The monoisotopic (exact) mass is 322 g/mol. The fourth-order valence-corrected chi connectivity index (χ4v) is 1.65. The van der Waals surface area contributed by atoms with E-state index in [4.69, 9.17) is 0 Å². The highest BCUT2D eigenvalue weighted by molar-refractivity contribution is 14.1. The van der Waals surface area contributed by atoms with Crippen LogP contribution in [0.15, 0.2) is 18.2 Å². The van der Waals surface area contributed by atoms with Gasteiger partial charge in [0.05, 0.1) is 5.69 Å². The van der Waals surface area contributed by atoms with Crippen molar-refractivity contribution in [2.45, 2.75) is 6.42 Å². The Kier molecular flexibility index (Phi) is 4.97. The second-order valence-electron chi connectivity index (χ2n) is 3.03. The van der Waals surface area contributed by atoms with Crippen LogP contribution in [0.4, 0.5) is 10.1 Å². The van der Waals surface area contributed by atoms with Gasteiger partial charge in [-0.3, -0.25) is 4.79 Å². The van der Waals surface area contributed by atoms with Crippen molar-refractivity contribution in [3.63, 3.8) is 0 Å². The molecule has 1 rings (SSSR count). The third-order valence-electron chi connectivity index (χ3n) is 1.81. The van der Waals surface area contributed by atoms with Crippen LogP contribution in [0.2, 0.25) is 0 Å². The largest absolute Gasteiger partial charge is 0.325 e. The summed E-state index contributed by atoms with van der Waals surface area (Å²) in [6.07, 6.45) is 0.407. The SMILES string of the molecule is CNCCC(=O)Nc1ccc(F)cc1I.